The monoisotopic (exact) mass is 293 g/mol. The molecule has 0 amide bonds. The van der Waals surface area contributed by atoms with Crippen molar-refractivity contribution in [2.45, 2.75) is 12.5 Å². The predicted molar refractivity (Wildman–Crippen MR) is 64.5 cm³/mol. The van der Waals surface area contributed by atoms with Crippen LogP contribution in [0.4, 0.5) is 0 Å². The van der Waals surface area contributed by atoms with E-state index in [2.05, 4.69) is 4.18 Å². The van der Waals surface area contributed by atoms with Gasteiger partial charge in [0.15, 0.2) is 17.6 Å². The molecule has 102 valence electrons. The maximum absolute atomic E-state index is 10.1. The molecule has 18 heavy (non-hydrogen) atoms. The minimum atomic E-state index is -2.44. The Balaban J connectivity index is 1.57. The Kier molecular flexibility index (Phi) is 5.39. The zero-order chi connectivity index (χ0) is 12.8. The van der Waals surface area contributed by atoms with Crippen molar-refractivity contribution in [3.05, 3.63) is 10.8 Å². The molecule has 1 aromatic heterocycles. The topological polar surface area (TPSA) is 77.1 Å². The predicted octanol–water partition coefficient (Wildman–Crippen LogP) is 1.11. The maximum atomic E-state index is 10.1. The van der Waals surface area contributed by atoms with Gasteiger partial charge in [0, 0.05) is 17.4 Å². The minimum absolute atomic E-state index is 0.123. The third-order valence-corrected chi connectivity index (χ3v) is 3.29. The lowest BCUT2D eigenvalue weighted by Crippen LogP contribution is -2.33. The summed E-state index contributed by atoms with van der Waals surface area (Å²) in [5, 5.41) is 3.78. The van der Waals surface area contributed by atoms with E-state index in [-0.39, 0.29) is 12.7 Å². The van der Waals surface area contributed by atoms with Gasteiger partial charge in [0.05, 0.1) is 24.6 Å². The lowest BCUT2D eigenvalue weighted by molar-refractivity contribution is 0.00681. The van der Waals surface area contributed by atoms with Gasteiger partial charge in [-0.2, -0.15) is 0 Å². The van der Waals surface area contributed by atoms with Gasteiger partial charge in [0.25, 0.3) is 0 Å². The fraction of sp³-hybridized carbons (Fsp3) is 0.600. The molecule has 0 saturated heterocycles. The van der Waals surface area contributed by atoms with E-state index in [0.29, 0.717) is 26.2 Å². The van der Waals surface area contributed by atoms with Gasteiger partial charge in [-0.25, -0.2) is 4.21 Å². The fourth-order valence-electron chi connectivity index (χ4n) is 1.45. The van der Waals surface area contributed by atoms with Crippen LogP contribution in [0, 0.1) is 0 Å². The molecule has 8 heteroatoms. The molecule has 2 unspecified atom stereocenters. The van der Waals surface area contributed by atoms with Gasteiger partial charge in [-0.3, -0.25) is 0 Å². The zero-order valence-electron chi connectivity index (χ0n) is 9.53. The Morgan fingerprint density at radius 1 is 1.44 bits per heavy atom. The van der Waals surface area contributed by atoms with Crippen molar-refractivity contribution in [2.75, 3.05) is 26.4 Å². The normalized spacial score (nSPS) is 19.7. The van der Waals surface area contributed by atoms with Crippen LogP contribution in [0.1, 0.15) is 6.42 Å². The summed E-state index contributed by atoms with van der Waals surface area (Å²) in [4.78, 5) is 0. The first-order valence-electron chi connectivity index (χ1n) is 5.41. The third-order valence-electron chi connectivity index (χ3n) is 2.23. The van der Waals surface area contributed by atoms with Crippen LogP contribution in [0.2, 0.25) is 0 Å². The summed E-state index contributed by atoms with van der Waals surface area (Å²) in [5.74, 6) is 1.53. The number of thiophene rings is 1. The second-order valence-corrected chi connectivity index (χ2v) is 4.99. The lowest BCUT2D eigenvalue weighted by Gasteiger charge is -2.24. The van der Waals surface area contributed by atoms with E-state index in [9.17, 15) is 8.76 Å². The van der Waals surface area contributed by atoms with Crippen molar-refractivity contribution in [3.63, 3.8) is 0 Å². The fourth-order valence-corrected chi connectivity index (χ4v) is 2.37. The number of hydrogen-bond acceptors (Lipinski definition) is 7. The summed E-state index contributed by atoms with van der Waals surface area (Å²) in [6.45, 7) is 1.43. The number of fused-ring (bicyclic) bond motifs is 1. The molecule has 0 bridgehead atoms. The van der Waals surface area contributed by atoms with E-state index in [1.54, 1.807) is 0 Å². The van der Waals surface area contributed by atoms with Gasteiger partial charge in [-0.15, -0.1) is 11.3 Å². The van der Waals surface area contributed by atoms with E-state index in [1.807, 2.05) is 10.8 Å². The van der Waals surface area contributed by atoms with Crippen LogP contribution in [0.3, 0.4) is 0 Å². The average Bonchev–Trinajstić information content (AvgIpc) is 2.80. The molecular weight excluding hydrogens is 280 g/mol. The quantitative estimate of drug-likeness (QED) is 0.553. The van der Waals surface area contributed by atoms with E-state index < -0.39 is 11.4 Å². The van der Waals surface area contributed by atoms with Crippen molar-refractivity contribution < 1.29 is 27.2 Å². The highest BCUT2D eigenvalue weighted by Crippen LogP contribution is 2.35. The maximum Gasteiger partial charge on any atom is 0.172 e. The van der Waals surface area contributed by atoms with E-state index in [4.69, 9.17) is 14.2 Å². The molecule has 2 atom stereocenters. The summed E-state index contributed by atoms with van der Waals surface area (Å²) < 4.78 is 41.0. The Hall–Kier alpha value is -0.670. The summed E-state index contributed by atoms with van der Waals surface area (Å²) in [6, 6.07) is 0. The van der Waals surface area contributed by atoms with Crippen LogP contribution >= 0.6 is 11.3 Å². The second kappa shape index (κ2) is 7.05. The van der Waals surface area contributed by atoms with Crippen molar-refractivity contribution in [2.24, 2.45) is 0 Å². The highest BCUT2D eigenvalue weighted by atomic mass is 32.2. The molecule has 0 fully saturated rings. The first-order chi connectivity index (χ1) is 8.75. The molecule has 1 aromatic rings. The molecule has 0 N–H and O–H groups in total. The lowest BCUT2D eigenvalue weighted by atomic mass is 10.3. The van der Waals surface area contributed by atoms with Crippen LogP contribution in [0.5, 0.6) is 11.5 Å². The Morgan fingerprint density at radius 3 is 3.11 bits per heavy atom. The summed E-state index contributed by atoms with van der Waals surface area (Å²) in [7, 11) is 0. The molecular formula is C10H13O6S2-. The molecule has 1 aliphatic heterocycles. The SMILES string of the molecule is O=S([O-])OCCCOCC1COc2cscc2O1. The highest BCUT2D eigenvalue weighted by Gasteiger charge is 2.21. The molecule has 0 aliphatic carbocycles. The van der Waals surface area contributed by atoms with E-state index >= 15 is 0 Å². The van der Waals surface area contributed by atoms with Crippen LogP contribution in [0.15, 0.2) is 10.8 Å². The van der Waals surface area contributed by atoms with Crippen molar-refractivity contribution in [1.29, 1.82) is 0 Å². The Morgan fingerprint density at radius 2 is 2.28 bits per heavy atom. The largest absolute Gasteiger partial charge is 0.750 e. The summed E-state index contributed by atoms with van der Waals surface area (Å²) in [5.41, 5.74) is 0. The Bertz CT molecular complexity index is 393. The summed E-state index contributed by atoms with van der Waals surface area (Å²) >= 11 is -0.915. The first kappa shape index (κ1) is 13.8. The van der Waals surface area contributed by atoms with E-state index in [0.717, 1.165) is 11.5 Å². The van der Waals surface area contributed by atoms with Crippen LogP contribution in [0.25, 0.3) is 0 Å². The van der Waals surface area contributed by atoms with Crippen molar-refractivity contribution >= 4 is 22.7 Å². The smallest absolute Gasteiger partial charge is 0.172 e. The number of rotatable bonds is 7. The summed E-state index contributed by atoms with van der Waals surface area (Å²) in [6.07, 6.45) is 0.396. The molecule has 0 radical (unpaired) electrons. The Labute approximate surface area is 111 Å². The van der Waals surface area contributed by atoms with Crippen LogP contribution < -0.4 is 9.47 Å². The van der Waals surface area contributed by atoms with Gasteiger partial charge < -0.3 is 22.9 Å². The zero-order valence-corrected chi connectivity index (χ0v) is 11.2. The highest BCUT2D eigenvalue weighted by molar-refractivity contribution is 7.74. The second-order valence-electron chi connectivity index (χ2n) is 3.61. The van der Waals surface area contributed by atoms with Crippen molar-refractivity contribution in [1.82, 2.24) is 0 Å². The third kappa shape index (κ3) is 4.21. The molecule has 0 saturated carbocycles. The molecule has 0 spiro atoms. The number of hydrogen-bond donors (Lipinski definition) is 0. The van der Waals surface area contributed by atoms with Crippen molar-refractivity contribution in [3.8, 4) is 11.5 Å². The first-order valence-corrected chi connectivity index (χ1v) is 7.36. The average molecular weight is 293 g/mol. The standard InChI is InChI=1S/C10H14O6S2/c11-18(12)15-3-1-2-13-4-8-5-14-9-6-17-7-10(9)16-8/h6-8H,1-5H2,(H,11,12)/p-1. The molecule has 6 nitrogen and oxygen atoms in total. The van der Waals surface area contributed by atoms with Crippen LogP contribution in [-0.4, -0.2) is 41.3 Å². The van der Waals surface area contributed by atoms with Gasteiger partial charge >= 0.3 is 0 Å². The van der Waals surface area contributed by atoms with Crippen LogP contribution in [-0.2, 0) is 20.3 Å². The van der Waals surface area contributed by atoms with Gasteiger partial charge in [-0.05, 0) is 6.42 Å². The minimum Gasteiger partial charge on any atom is -0.750 e. The molecule has 1 aliphatic rings. The van der Waals surface area contributed by atoms with E-state index in [1.165, 1.54) is 11.3 Å². The van der Waals surface area contributed by atoms with Gasteiger partial charge in [-0.1, -0.05) is 0 Å². The number of ether oxygens (including phenoxy) is 3. The van der Waals surface area contributed by atoms with Gasteiger partial charge in [0.2, 0.25) is 0 Å². The molecule has 2 heterocycles. The molecule has 0 aromatic carbocycles. The van der Waals surface area contributed by atoms with Gasteiger partial charge in [0.1, 0.15) is 6.61 Å². The molecule has 2 rings (SSSR count).